The fourth-order valence-corrected chi connectivity index (χ4v) is 3.26. The van der Waals surface area contributed by atoms with Gasteiger partial charge < -0.3 is 5.73 Å². The average molecular weight is 370 g/mol. The zero-order valence-electron chi connectivity index (χ0n) is 13.6. The molecule has 1 atom stereocenters. The molecule has 0 aliphatic carbocycles. The van der Waals surface area contributed by atoms with E-state index in [1.807, 2.05) is 0 Å². The molecule has 1 fully saturated rings. The van der Waals surface area contributed by atoms with Crippen molar-refractivity contribution in [2.75, 3.05) is 4.90 Å². The van der Waals surface area contributed by atoms with Gasteiger partial charge in [0.15, 0.2) is 5.17 Å². The number of amides is 2. The summed E-state index contributed by atoms with van der Waals surface area (Å²) < 4.78 is 13.5. The molecule has 0 saturated carbocycles. The number of hydrogen-bond acceptors (Lipinski definition) is 5. The van der Waals surface area contributed by atoms with Gasteiger partial charge in [0, 0.05) is 12.0 Å². The molecule has 2 aromatic carbocycles. The lowest BCUT2D eigenvalue weighted by Gasteiger charge is -2.14. The average Bonchev–Trinajstić information content (AvgIpc) is 2.91. The number of thioether (sulfide) groups is 1. The Morgan fingerprint density at radius 3 is 2.58 bits per heavy atom. The fourth-order valence-electron chi connectivity index (χ4n) is 2.44. The number of anilines is 1. The molecule has 2 N–H and O–H groups in total. The number of carbonyl (C=O) groups excluding carboxylic acids is 2. The van der Waals surface area contributed by atoms with Crippen molar-refractivity contribution < 1.29 is 14.0 Å². The summed E-state index contributed by atoms with van der Waals surface area (Å²) in [6, 6.07) is 14.8. The predicted octanol–water partition coefficient (Wildman–Crippen LogP) is 2.54. The van der Waals surface area contributed by atoms with E-state index in [0.29, 0.717) is 5.69 Å². The summed E-state index contributed by atoms with van der Waals surface area (Å²) in [5.74, 6) is -1.06. The third-order valence-corrected chi connectivity index (χ3v) is 4.62. The Morgan fingerprint density at radius 2 is 1.85 bits per heavy atom. The summed E-state index contributed by atoms with van der Waals surface area (Å²) in [6.07, 6.45) is 1.27. The molecule has 1 aliphatic heterocycles. The monoisotopic (exact) mass is 370 g/mol. The number of imide groups is 1. The van der Waals surface area contributed by atoms with Gasteiger partial charge in [-0.2, -0.15) is 5.10 Å². The van der Waals surface area contributed by atoms with Gasteiger partial charge in [0.05, 0.1) is 11.9 Å². The van der Waals surface area contributed by atoms with E-state index in [0.717, 1.165) is 16.7 Å². The summed E-state index contributed by atoms with van der Waals surface area (Å²) in [6.45, 7) is 0. The van der Waals surface area contributed by atoms with E-state index >= 15 is 0 Å². The van der Waals surface area contributed by atoms with Crippen LogP contribution in [0.1, 0.15) is 12.0 Å². The van der Waals surface area contributed by atoms with Crippen LogP contribution in [0.4, 0.5) is 10.1 Å². The first-order valence-electron chi connectivity index (χ1n) is 7.76. The minimum absolute atomic E-state index is 0.0265. The number of benzene rings is 2. The number of hydrogen-bond donors (Lipinski definition) is 1. The van der Waals surface area contributed by atoms with Gasteiger partial charge in [-0.15, -0.1) is 5.10 Å². The van der Waals surface area contributed by atoms with Gasteiger partial charge in [-0.1, -0.05) is 48.2 Å². The maximum absolute atomic E-state index is 13.5. The molecule has 2 amide bonds. The molecule has 26 heavy (non-hydrogen) atoms. The minimum atomic E-state index is -0.657. The Morgan fingerprint density at radius 1 is 1.15 bits per heavy atom. The van der Waals surface area contributed by atoms with Gasteiger partial charge in [-0.25, -0.2) is 9.29 Å². The Hall–Kier alpha value is -3.00. The molecule has 0 bridgehead atoms. The predicted molar refractivity (Wildman–Crippen MR) is 101 cm³/mol. The van der Waals surface area contributed by atoms with E-state index in [4.69, 9.17) is 5.73 Å². The Balaban J connectivity index is 1.66. The largest absolute Gasteiger partial charge is 0.377 e. The van der Waals surface area contributed by atoms with Crippen molar-refractivity contribution in [1.29, 1.82) is 0 Å². The lowest BCUT2D eigenvalue weighted by molar-refractivity contribution is -0.121. The number of amidine groups is 1. The molecule has 0 radical (unpaired) electrons. The summed E-state index contributed by atoms with van der Waals surface area (Å²) in [5.41, 5.74) is 6.57. The van der Waals surface area contributed by atoms with Crippen LogP contribution in [0.3, 0.4) is 0 Å². The summed E-state index contributed by atoms with van der Waals surface area (Å²) in [4.78, 5) is 25.8. The Kier molecular flexibility index (Phi) is 5.43. The third-order valence-electron chi connectivity index (χ3n) is 3.64. The van der Waals surface area contributed by atoms with Crippen molar-refractivity contribution in [1.82, 2.24) is 0 Å². The van der Waals surface area contributed by atoms with E-state index in [2.05, 4.69) is 10.2 Å². The lowest BCUT2D eigenvalue weighted by Crippen LogP contribution is -2.31. The molecule has 132 valence electrons. The molecule has 0 unspecified atom stereocenters. The molecular weight excluding hydrogens is 355 g/mol. The van der Waals surface area contributed by atoms with E-state index in [9.17, 15) is 14.0 Å². The van der Waals surface area contributed by atoms with Gasteiger partial charge in [0.25, 0.3) is 0 Å². The first kappa shape index (κ1) is 17.8. The molecule has 0 aromatic heterocycles. The number of nitrogens with zero attached hydrogens (tertiary/aromatic N) is 3. The highest BCUT2D eigenvalue weighted by Gasteiger charge is 2.40. The standard InChI is InChI=1S/C18H15FN4O2S/c19-14-9-5-4-6-12(14)11-21-22-18(20)26-15-10-16(24)23(17(15)25)13-7-2-1-3-8-13/h1-9,11,15H,10H2,(H2,20,22)/t15-/m1/s1. The van der Waals surface area contributed by atoms with E-state index < -0.39 is 11.1 Å². The Labute approximate surface area is 153 Å². The van der Waals surface area contributed by atoms with Crippen LogP contribution in [0.15, 0.2) is 64.8 Å². The number of nitrogens with two attached hydrogens (primary N) is 1. The Bertz CT molecular complexity index is 886. The van der Waals surface area contributed by atoms with Crippen molar-refractivity contribution in [2.45, 2.75) is 11.7 Å². The maximum atomic E-state index is 13.5. The van der Waals surface area contributed by atoms with Crippen molar-refractivity contribution in [3.63, 3.8) is 0 Å². The highest BCUT2D eigenvalue weighted by Crippen LogP contribution is 2.29. The SMILES string of the molecule is NC(=NN=Cc1ccccc1F)S[C@@H]1CC(=O)N(c2ccccc2)C1=O. The first-order chi connectivity index (χ1) is 12.6. The van der Waals surface area contributed by atoms with Crippen molar-refractivity contribution in [3.05, 3.63) is 66.0 Å². The van der Waals surface area contributed by atoms with Crippen LogP contribution < -0.4 is 10.6 Å². The quantitative estimate of drug-likeness (QED) is 0.388. The second-order valence-corrected chi connectivity index (χ2v) is 6.64. The second kappa shape index (κ2) is 7.92. The van der Waals surface area contributed by atoms with Crippen LogP contribution >= 0.6 is 11.8 Å². The van der Waals surface area contributed by atoms with Gasteiger partial charge >= 0.3 is 0 Å². The van der Waals surface area contributed by atoms with Gasteiger partial charge in [0.1, 0.15) is 11.1 Å². The zero-order valence-corrected chi connectivity index (χ0v) is 14.4. The number of halogens is 1. The van der Waals surface area contributed by atoms with E-state index in [1.54, 1.807) is 48.5 Å². The first-order valence-corrected chi connectivity index (χ1v) is 8.64. The number of rotatable bonds is 4. The molecule has 2 aromatic rings. The third kappa shape index (κ3) is 3.97. The molecular formula is C18H15FN4O2S. The normalized spacial score (nSPS) is 18.1. The highest BCUT2D eigenvalue weighted by atomic mass is 32.2. The molecule has 0 spiro atoms. The zero-order chi connectivity index (χ0) is 18.5. The van der Waals surface area contributed by atoms with E-state index in [1.165, 1.54) is 12.3 Å². The molecule has 6 nitrogen and oxygen atoms in total. The van der Waals surface area contributed by atoms with Crippen LogP contribution in [0.25, 0.3) is 0 Å². The van der Waals surface area contributed by atoms with Crippen LogP contribution in [0.5, 0.6) is 0 Å². The summed E-state index contributed by atoms with van der Waals surface area (Å²) >= 11 is 0.965. The van der Waals surface area contributed by atoms with E-state index in [-0.39, 0.29) is 29.0 Å². The van der Waals surface area contributed by atoms with Crippen molar-refractivity contribution in [3.8, 4) is 0 Å². The summed E-state index contributed by atoms with van der Waals surface area (Å²) in [7, 11) is 0. The van der Waals surface area contributed by atoms with Crippen molar-refractivity contribution >= 4 is 40.6 Å². The smallest absolute Gasteiger partial charge is 0.247 e. The van der Waals surface area contributed by atoms with Crippen molar-refractivity contribution in [2.24, 2.45) is 15.9 Å². The van der Waals surface area contributed by atoms with Gasteiger partial charge in [-0.05, 0) is 18.2 Å². The van der Waals surface area contributed by atoms with Gasteiger partial charge in [0.2, 0.25) is 11.8 Å². The molecule has 1 saturated heterocycles. The fraction of sp³-hybridized carbons (Fsp3) is 0.111. The topological polar surface area (TPSA) is 88.1 Å². The van der Waals surface area contributed by atoms with Crippen LogP contribution in [0, 0.1) is 5.82 Å². The molecule has 3 rings (SSSR count). The molecule has 1 aliphatic rings. The van der Waals surface area contributed by atoms with Crippen LogP contribution in [-0.4, -0.2) is 28.4 Å². The minimum Gasteiger partial charge on any atom is -0.377 e. The molecule has 8 heteroatoms. The van der Waals surface area contributed by atoms with Crippen LogP contribution in [-0.2, 0) is 9.59 Å². The van der Waals surface area contributed by atoms with Crippen LogP contribution in [0.2, 0.25) is 0 Å². The highest BCUT2D eigenvalue weighted by molar-refractivity contribution is 8.14. The number of para-hydroxylation sites is 1. The maximum Gasteiger partial charge on any atom is 0.247 e. The number of carbonyl (C=O) groups is 2. The molecule has 1 heterocycles. The summed E-state index contributed by atoms with van der Waals surface area (Å²) in [5, 5.41) is 6.86. The van der Waals surface area contributed by atoms with Gasteiger partial charge in [-0.3, -0.25) is 9.59 Å². The second-order valence-electron chi connectivity index (χ2n) is 5.42. The lowest BCUT2D eigenvalue weighted by atomic mass is 10.2.